The maximum absolute atomic E-state index is 12.7. The van der Waals surface area contributed by atoms with Gasteiger partial charge in [-0.2, -0.15) is 13.5 Å². The van der Waals surface area contributed by atoms with E-state index < -0.39 is 16.0 Å². The van der Waals surface area contributed by atoms with Crippen LogP contribution in [0.1, 0.15) is 11.1 Å². The van der Waals surface area contributed by atoms with Crippen LogP contribution in [0.5, 0.6) is 0 Å². The average Bonchev–Trinajstić information content (AvgIpc) is 2.87. The van der Waals surface area contributed by atoms with Crippen LogP contribution in [0.25, 0.3) is 0 Å². The van der Waals surface area contributed by atoms with E-state index in [0.717, 1.165) is 16.8 Å². The summed E-state index contributed by atoms with van der Waals surface area (Å²) in [6.45, 7) is 2.53. The zero-order chi connectivity index (χ0) is 14.6. The molecule has 0 radical (unpaired) electrons. The van der Waals surface area contributed by atoms with Crippen molar-refractivity contribution in [1.82, 2.24) is 10.2 Å². The molecular weight excluding hydrogens is 281 g/mol. The second-order valence-corrected chi connectivity index (χ2v) is 6.09. The highest BCUT2D eigenvalue weighted by Crippen LogP contribution is 2.18. The van der Waals surface area contributed by atoms with Crippen LogP contribution in [0.4, 0.5) is 9.57 Å². The minimum absolute atomic E-state index is 0.0904. The van der Waals surface area contributed by atoms with E-state index in [1.54, 1.807) is 17.3 Å². The summed E-state index contributed by atoms with van der Waals surface area (Å²) < 4.78 is 34.2. The van der Waals surface area contributed by atoms with Crippen LogP contribution in [-0.4, -0.2) is 30.9 Å². The standard InChI is InChI=1S/C13H16FN3O2S/c1-11-2-4-13(5-3-11)17(6-7-20(14,18)19)10-12-8-15-16-9-12/h2-5,8-9H,6-7,10H2,1H3,(H,15,16). The van der Waals surface area contributed by atoms with Crippen molar-refractivity contribution in [2.75, 3.05) is 17.2 Å². The number of aromatic nitrogens is 2. The van der Waals surface area contributed by atoms with Gasteiger partial charge in [-0.05, 0) is 19.1 Å². The molecule has 0 aliphatic rings. The first-order valence-corrected chi connectivity index (χ1v) is 7.71. The predicted octanol–water partition coefficient (Wildman–Crippen LogP) is 2.02. The number of hydrogen-bond acceptors (Lipinski definition) is 4. The molecule has 0 spiro atoms. The van der Waals surface area contributed by atoms with Crippen LogP contribution in [0.15, 0.2) is 36.7 Å². The van der Waals surface area contributed by atoms with Crippen molar-refractivity contribution in [2.24, 2.45) is 0 Å². The number of H-pyrrole nitrogens is 1. The Balaban J connectivity index is 2.16. The van der Waals surface area contributed by atoms with Crippen molar-refractivity contribution in [3.8, 4) is 0 Å². The summed E-state index contributed by atoms with van der Waals surface area (Å²) in [6.07, 6.45) is 3.39. The molecule has 2 rings (SSSR count). The molecule has 1 heterocycles. The molecule has 20 heavy (non-hydrogen) atoms. The maximum Gasteiger partial charge on any atom is 0.304 e. The number of nitrogens with zero attached hydrogens (tertiary/aromatic N) is 2. The van der Waals surface area contributed by atoms with Crippen LogP contribution >= 0.6 is 0 Å². The van der Waals surface area contributed by atoms with Crippen molar-refractivity contribution < 1.29 is 12.3 Å². The molecule has 0 saturated heterocycles. The van der Waals surface area contributed by atoms with Gasteiger partial charge in [-0.3, -0.25) is 5.10 Å². The molecule has 1 N–H and O–H groups in total. The summed E-state index contributed by atoms with van der Waals surface area (Å²) in [7, 11) is -4.48. The molecule has 0 unspecified atom stereocenters. The van der Waals surface area contributed by atoms with E-state index >= 15 is 0 Å². The van der Waals surface area contributed by atoms with E-state index in [-0.39, 0.29) is 6.54 Å². The first-order valence-electron chi connectivity index (χ1n) is 6.16. The average molecular weight is 297 g/mol. The summed E-state index contributed by atoms with van der Waals surface area (Å²) in [6, 6.07) is 7.64. The topological polar surface area (TPSA) is 66.1 Å². The summed E-state index contributed by atoms with van der Waals surface area (Å²) >= 11 is 0. The number of anilines is 1. The van der Waals surface area contributed by atoms with Crippen LogP contribution < -0.4 is 4.90 Å². The fraction of sp³-hybridized carbons (Fsp3) is 0.308. The largest absolute Gasteiger partial charge is 0.366 e. The Morgan fingerprint density at radius 2 is 2.00 bits per heavy atom. The van der Waals surface area contributed by atoms with E-state index in [2.05, 4.69) is 10.2 Å². The van der Waals surface area contributed by atoms with Crippen LogP contribution in [0.3, 0.4) is 0 Å². The molecule has 7 heteroatoms. The lowest BCUT2D eigenvalue weighted by atomic mass is 10.2. The van der Waals surface area contributed by atoms with Gasteiger partial charge in [0.1, 0.15) is 0 Å². The maximum atomic E-state index is 12.7. The number of benzene rings is 1. The number of nitrogens with one attached hydrogen (secondary N) is 1. The van der Waals surface area contributed by atoms with Gasteiger partial charge in [-0.15, -0.1) is 3.89 Å². The van der Waals surface area contributed by atoms with Crippen molar-refractivity contribution in [1.29, 1.82) is 0 Å². The number of hydrogen-bond donors (Lipinski definition) is 1. The van der Waals surface area contributed by atoms with Gasteiger partial charge in [0, 0.05) is 30.5 Å². The Bertz CT molecular complexity index is 639. The highest BCUT2D eigenvalue weighted by atomic mass is 32.3. The predicted molar refractivity (Wildman–Crippen MR) is 75.7 cm³/mol. The van der Waals surface area contributed by atoms with Crippen LogP contribution in [-0.2, 0) is 16.8 Å². The monoisotopic (exact) mass is 297 g/mol. The molecule has 108 valence electrons. The van der Waals surface area contributed by atoms with Crippen molar-refractivity contribution in [2.45, 2.75) is 13.5 Å². The minimum Gasteiger partial charge on any atom is -0.366 e. The number of aryl methyl sites for hydroxylation is 1. The lowest BCUT2D eigenvalue weighted by Crippen LogP contribution is -2.27. The summed E-state index contributed by atoms with van der Waals surface area (Å²) in [4.78, 5) is 1.81. The van der Waals surface area contributed by atoms with E-state index in [4.69, 9.17) is 0 Å². The second-order valence-electron chi connectivity index (χ2n) is 4.61. The van der Waals surface area contributed by atoms with E-state index in [9.17, 15) is 12.3 Å². The Labute approximate surface area is 117 Å². The van der Waals surface area contributed by atoms with Crippen molar-refractivity contribution >= 4 is 15.9 Å². The van der Waals surface area contributed by atoms with Crippen LogP contribution in [0.2, 0.25) is 0 Å². The summed E-state index contributed by atoms with van der Waals surface area (Å²) in [5.41, 5.74) is 2.86. The zero-order valence-electron chi connectivity index (χ0n) is 11.1. The smallest absolute Gasteiger partial charge is 0.304 e. The SMILES string of the molecule is Cc1ccc(N(CCS(=O)(=O)F)Cc2cn[nH]c2)cc1. The van der Waals surface area contributed by atoms with Gasteiger partial charge >= 0.3 is 10.2 Å². The van der Waals surface area contributed by atoms with Crippen molar-refractivity contribution in [3.63, 3.8) is 0 Å². The van der Waals surface area contributed by atoms with Gasteiger partial charge in [0.25, 0.3) is 0 Å². The fourth-order valence-corrected chi connectivity index (χ4v) is 2.30. The molecule has 0 atom stereocenters. The third-order valence-corrected chi connectivity index (χ3v) is 3.60. The molecule has 0 fully saturated rings. The second kappa shape index (κ2) is 6.04. The lowest BCUT2D eigenvalue weighted by Gasteiger charge is -2.23. The van der Waals surface area contributed by atoms with Gasteiger partial charge in [0.15, 0.2) is 0 Å². The Hall–Kier alpha value is -1.89. The van der Waals surface area contributed by atoms with Gasteiger partial charge in [0.2, 0.25) is 0 Å². The molecule has 1 aromatic carbocycles. The minimum atomic E-state index is -4.48. The molecule has 1 aromatic heterocycles. The highest BCUT2D eigenvalue weighted by molar-refractivity contribution is 7.86. The quantitative estimate of drug-likeness (QED) is 0.828. The van der Waals surface area contributed by atoms with Gasteiger partial charge < -0.3 is 4.90 Å². The summed E-state index contributed by atoms with van der Waals surface area (Å²) in [5, 5.41) is 6.55. The molecular formula is C13H16FN3O2S. The van der Waals surface area contributed by atoms with Gasteiger partial charge in [-0.1, -0.05) is 17.7 Å². The lowest BCUT2D eigenvalue weighted by molar-refractivity contribution is 0.550. The van der Waals surface area contributed by atoms with E-state index in [0.29, 0.717) is 6.54 Å². The third kappa shape index (κ3) is 4.34. The molecule has 5 nitrogen and oxygen atoms in total. The summed E-state index contributed by atoms with van der Waals surface area (Å²) in [5.74, 6) is -0.529. The normalized spacial score (nSPS) is 11.5. The third-order valence-electron chi connectivity index (χ3n) is 2.93. The van der Waals surface area contributed by atoms with Crippen LogP contribution in [0, 0.1) is 6.92 Å². The first kappa shape index (κ1) is 14.5. The molecule has 0 aliphatic carbocycles. The van der Waals surface area contributed by atoms with Gasteiger partial charge in [0.05, 0.1) is 11.9 Å². The Kier molecular flexibility index (Phi) is 4.39. The first-order chi connectivity index (χ1) is 9.44. The Morgan fingerprint density at radius 3 is 2.55 bits per heavy atom. The number of halogens is 1. The zero-order valence-corrected chi connectivity index (χ0v) is 11.9. The Morgan fingerprint density at radius 1 is 1.30 bits per heavy atom. The van der Waals surface area contributed by atoms with E-state index in [1.165, 1.54) is 0 Å². The van der Waals surface area contributed by atoms with Crippen molar-refractivity contribution in [3.05, 3.63) is 47.8 Å². The molecule has 0 aliphatic heterocycles. The highest BCUT2D eigenvalue weighted by Gasteiger charge is 2.13. The number of rotatable bonds is 6. The van der Waals surface area contributed by atoms with E-state index in [1.807, 2.05) is 31.2 Å². The molecule has 2 aromatic rings. The van der Waals surface area contributed by atoms with Gasteiger partial charge in [-0.25, -0.2) is 0 Å². The fourth-order valence-electron chi connectivity index (χ4n) is 1.86. The molecule has 0 amide bonds. The molecule has 0 saturated carbocycles. The number of aromatic amines is 1. The molecule has 0 bridgehead atoms.